The van der Waals surface area contributed by atoms with E-state index < -0.39 is 0 Å². The van der Waals surface area contributed by atoms with Gasteiger partial charge in [-0.3, -0.25) is 8.97 Å². The van der Waals surface area contributed by atoms with Crippen LogP contribution in [0.1, 0.15) is 0 Å². The van der Waals surface area contributed by atoms with Crippen molar-refractivity contribution in [2.45, 2.75) is 0 Å². The van der Waals surface area contributed by atoms with Crippen molar-refractivity contribution in [2.24, 2.45) is 0 Å². The van der Waals surface area contributed by atoms with Crippen molar-refractivity contribution in [1.82, 2.24) is 14.0 Å². The molecule has 4 nitrogen and oxygen atoms in total. The zero-order valence-corrected chi connectivity index (χ0v) is 19.0. The van der Waals surface area contributed by atoms with E-state index in [9.17, 15) is 0 Å². The van der Waals surface area contributed by atoms with Gasteiger partial charge in [-0.2, -0.15) is 0 Å². The molecular formula is C31H22N4. The predicted molar refractivity (Wildman–Crippen MR) is 144 cm³/mol. The zero-order chi connectivity index (χ0) is 23.2. The van der Waals surface area contributed by atoms with Crippen LogP contribution >= 0.6 is 0 Å². The number of benzene rings is 5. The molecule has 0 fully saturated rings. The highest BCUT2D eigenvalue weighted by molar-refractivity contribution is 5.94. The average Bonchev–Trinajstić information content (AvgIpc) is 3.44. The molecule has 0 spiro atoms. The summed E-state index contributed by atoms with van der Waals surface area (Å²) in [4.78, 5) is 7.43. The van der Waals surface area contributed by atoms with Crippen LogP contribution in [0.25, 0.3) is 33.5 Å². The van der Waals surface area contributed by atoms with Crippen LogP contribution < -0.4 is 4.90 Å². The van der Waals surface area contributed by atoms with Crippen LogP contribution in [0.3, 0.4) is 0 Å². The average molecular weight is 451 g/mol. The number of hydrogen-bond acceptors (Lipinski definition) is 2. The Hall–Kier alpha value is -4.83. The highest BCUT2D eigenvalue weighted by Gasteiger charge is 2.19. The highest BCUT2D eigenvalue weighted by Crippen LogP contribution is 2.37. The van der Waals surface area contributed by atoms with Gasteiger partial charge in [0.1, 0.15) is 0 Å². The third kappa shape index (κ3) is 3.11. The summed E-state index contributed by atoms with van der Waals surface area (Å²) in [6, 6.07) is 46.4. The lowest BCUT2D eigenvalue weighted by Gasteiger charge is -2.25. The summed E-state index contributed by atoms with van der Waals surface area (Å²) in [6.45, 7) is 0. The van der Waals surface area contributed by atoms with E-state index in [1.807, 2.05) is 18.2 Å². The Morgan fingerprint density at radius 3 is 1.71 bits per heavy atom. The molecule has 0 saturated carbocycles. The molecule has 0 aliphatic carbocycles. The highest BCUT2D eigenvalue weighted by atomic mass is 15.2. The fraction of sp³-hybridized carbons (Fsp3) is 0. The first-order valence-corrected chi connectivity index (χ1v) is 11.8. The summed E-state index contributed by atoms with van der Waals surface area (Å²) >= 11 is 0. The van der Waals surface area contributed by atoms with Crippen LogP contribution in [0.2, 0.25) is 0 Å². The summed E-state index contributed by atoms with van der Waals surface area (Å²) in [5.41, 5.74) is 8.74. The fourth-order valence-corrected chi connectivity index (χ4v) is 4.97. The number of nitrogens with zero attached hydrogens (tertiary/aromatic N) is 4. The molecule has 0 atom stereocenters. The molecular weight excluding hydrogens is 428 g/mol. The molecule has 5 aromatic carbocycles. The van der Waals surface area contributed by atoms with E-state index >= 15 is 0 Å². The summed E-state index contributed by atoms with van der Waals surface area (Å²) in [6.07, 6.45) is 0. The molecule has 0 N–H and O–H groups in total. The second-order valence-corrected chi connectivity index (χ2v) is 8.59. The number of hydrogen-bond donors (Lipinski definition) is 0. The second-order valence-electron chi connectivity index (χ2n) is 8.59. The van der Waals surface area contributed by atoms with Crippen molar-refractivity contribution >= 4 is 44.9 Å². The normalized spacial score (nSPS) is 11.4. The van der Waals surface area contributed by atoms with Gasteiger partial charge in [0.25, 0.3) is 0 Å². The molecule has 7 rings (SSSR count). The second kappa shape index (κ2) is 7.89. The number of anilines is 3. The van der Waals surface area contributed by atoms with E-state index in [1.165, 1.54) is 0 Å². The van der Waals surface area contributed by atoms with Gasteiger partial charge in [-0.1, -0.05) is 66.7 Å². The van der Waals surface area contributed by atoms with E-state index in [2.05, 4.69) is 129 Å². The van der Waals surface area contributed by atoms with E-state index in [0.29, 0.717) is 0 Å². The maximum absolute atomic E-state index is 5.16. The Morgan fingerprint density at radius 2 is 1.06 bits per heavy atom. The first-order valence-electron chi connectivity index (χ1n) is 11.8. The summed E-state index contributed by atoms with van der Waals surface area (Å²) in [5, 5.41) is 0. The molecule has 0 saturated heterocycles. The zero-order valence-electron chi connectivity index (χ0n) is 19.0. The van der Waals surface area contributed by atoms with Crippen molar-refractivity contribution in [2.75, 3.05) is 4.90 Å². The Balaban J connectivity index is 1.49. The Morgan fingerprint density at radius 1 is 0.486 bits per heavy atom. The largest absolute Gasteiger partial charge is 0.310 e. The van der Waals surface area contributed by atoms with Crippen LogP contribution in [-0.4, -0.2) is 14.0 Å². The maximum Gasteiger partial charge on any atom is 0.220 e. The lowest BCUT2D eigenvalue weighted by Crippen LogP contribution is -2.09. The van der Waals surface area contributed by atoms with E-state index in [0.717, 1.165) is 50.6 Å². The third-order valence-corrected chi connectivity index (χ3v) is 6.49. The first-order chi connectivity index (χ1) is 17.4. The van der Waals surface area contributed by atoms with Gasteiger partial charge in [-0.05, 0) is 66.7 Å². The maximum atomic E-state index is 5.16. The van der Waals surface area contributed by atoms with Gasteiger partial charge in [0.05, 0.1) is 22.1 Å². The van der Waals surface area contributed by atoms with Gasteiger partial charge in [0.2, 0.25) is 5.78 Å². The first kappa shape index (κ1) is 19.6. The van der Waals surface area contributed by atoms with Gasteiger partial charge in [0, 0.05) is 22.7 Å². The van der Waals surface area contributed by atoms with Crippen LogP contribution in [0.4, 0.5) is 17.1 Å². The van der Waals surface area contributed by atoms with Crippen molar-refractivity contribution in [3.05, 3.63) is 133 Å². The summed E-state index contributed by atoms with van der Waals surface area (Å²) in [5.74, 6) is 0.913. The lowest BCUT2D eigenvalue weighted by atomic mass is 10.2. The molecule has 35 heavy (non-hydrogen) atoms. The summed E-state index contributed by atoms with van der Waals surface area (Å²) in [7, 11) is 0. The van der Waals surface area contributed by atoms with Crippen LogP contribution in [0.15, 0.2) is 133 Å². The van der Waals surface area contributed by atoms with Crippen LogP contribution in [-0.2, 0) is 0 Å². The third-order valence-electron chi connectivity index (χ3n) is 6.49. The monoisotopic (exact) mass is 450 g/mol. The predicted octanol–water partition coefficient (Wildman–Crippen LogP) is 7.90. The lowest BCUT2D eigenvalue weighted by molar-refractivity contribution is 1.11. The number of aromatic nitrogens is 3. The van der Waals surface area contributed by atoms with Crippen molar-refractivity contribution in [3.63, 3.8) is 0 Å². The number of imidazole rings is 2. The standard InChI is InChI=1S/C31H22N4/c1-4-12-23(13-5-1)33(24-14-6-2-7-15-24)26-20-21-28-27(22-26)32-31-34(25-16-8-3-9-17-25)29-18-10-11-19-30(29)35(28)31/h1-22H. The van der Waals surface area contributed by atoms with Gasteiger partial charge >= 0.3 is 0 Å². The molecule has 0 aliphatic heterocycles. The van der Waals surface area contributed by atoms with Crippen molar-refractivity contribution < 1.29 is 0 Å². The van der Waals surface area contributed by atoms with Crippen LogP contribution in [0.5, 0.6) is 0 Å². The quantitative estimate of drug-likeness (QED) is 0.272. The number of rotatable bonds is 4. The Kier molecular flexibility index (Phi) is 4.42. The molecule has 0 unspecified atom stereocenters. The Labute approximate surface area is 202 Å². The van der Waals surface area contributed by atoms with Crippen LogP contribution in [0, 0.1) is 0 Å². The van der Waals surface area contributed by atoms with E-state index in [-0.39, 0.29) is 0 Å². The molecule has 0 bridgehead atoms. The molecule has 4 heteroatoms. The van der Waals surface area contributed by atoms with E-state index in [4.69, 9.17) is 4.98 Å². The Bertz CT molecular complexity index is 1740. The van der Waals surface area contributed by atoms with Gasteiger partial charge < -0.3 is 4.90 Å². The fourth-order valence-electron chi connectivity index (χ4n) is 4.97. The minimum absolute atomic E-state index is 0.913. The van der Waals surface area contributed by atoms with Gasteiger partial charge in [-0.15, -0.1) is 0 Å². The molecule has 0 amide bonds. The van der Waals surface area contributed by atoms with Crippen molar-refractivity contribution in [1.29, 1.82) is 0 Å². The van der Waals surface area contributed by atoms with E-state index in [1.54, 1.807) is 0 Å². The van der Waals surface area contributed by atoms with Gasteiger partial charge in [-0.25, -0.2) is 4.98 Å². The minimum atomic E-state index is 0.913. The minimum Gasteiger partial charge on any atom is -0.310 e. The summed E-state index contributed by atoms with van der Waals surface area (Å²) < 4.78 is 4.50. The number of fused-ring (bicyclic) bond motifs is 5. The molecule has 0 aliphatic rings. The SMILES string of the molecule is c1ccc(N(c2ccccc2)c2ccc3c(c2)nc2n(-c4ccccc4)c4ccccc4n32)cc1. The molecule has 0 radical (unpaired) electrons. The smallest absolute Gasteiger partial charge is 0.220 e. The topological polar surface area (TPSA) is 25.5 Å². The molecule has 7 aromatic rings. The molecule has 2 heterocycles. The molecule has 2 aromatic heterocycles. The van der Waals surface area contributed by atoms with Gasteiger partial charge in [0.15, 0.2) is 0 Å². The van der Waals surface area contributed by atoms with Crippen molar-refractivity contribution in [3.8, 4) is 5.69 Å². The number of para-hydroxylation sites is 5. The molecule has 166 valence electrons.